The normalized spacial score (nSPS) is 15.3. The van der Waals surface area contributed by atoms with Gasteiger partial charge in [-0.1, -0.05) is 12.1 Å². The maximum absolute atomic E-state index is 13.4. The molecule has 1 aromatic heterocycles. The van der Waals surface area contributed by atoms with Gasteiger partial charge in [0.15, 0.2) is 5.96 Å². The van der Waals surface area contributed by atoms with Crippen molar-refractivity contribution in [1.82, 2.24) is 20.5 Å². The lowest BCUT2D eigenvalue weighted by molar-refractivity contribution is 0.0389. The Balaban J connectivity index is 1.51. The molecule has 0 bridgehead atoms. The molecule has 1 aliphatic rings. The molecule has 2 N–H and O–H groups in total. The summed E-state index contributed by atoms with van der Waals surface area (Å²) in [4.78, 5) is 10.9. The molecule has 0 atom stereocenters. The number of aromatic nitrogens is 1. The van der Waals surface area contributed by atoms with E-state index in [0.717, 1.165) is 45.0 Å². The lowest BCUT2D eigenvalue weighted by Gasteiger charge is -2.26. The summed E-state index contributed by atoms with van der Waals surface area (Å²) in [6, 6.07) is 9.75. The van der Waals surface area contributed by atoms with Crippen LogP contribution in [0, 0.1) is 5.82 Å². The number of pyridine rings is 1. The van der Waals surface area contributed by atoms with Crippen LogP contribution < -0.4 is 15.4 Å². The quantitative estimate of drug-likeness (QED) is 0.560. The molecule has 1 aliphatic heterocycles. The van der Waals surface area contributed by atoms with Gasteiger partial charge >= 0.3 is 0 Å². The number of benzene rings is 1. The number of ether oxygens (including phenoxy) is 2. The van der Waals surface area contributed by atoms with E-state index in [2.05, 4.69) is 25.5 Å². The van der Waals surface area contributed by atoms with E-state index in [-0.39, 0.29) is 5.82 Å². The molecule has 0 unspecified atom stereocenters. The van der Waals surface area contributed by atoms with Gasteiger partial charge in [-0.15, -0.1) is 0 Å². The van der Waals surface area contributed by atoms with Gasteiger partial charge in [0, 0.05) is 57.6 Å². The van der Waals surface area contributed by atoms with Gasteiger partial charge in [0.25, 0.3) is 0 Å². The molecule has 150 valence electrons. The third-order valence-corrected chi connectivity index (χ3v) is 4.35. The van der Waals surface area contributed by atoms with Crippen molar-refractivity contribution >= 4 is 5.96 Å². The molecule has 0 radical (unpaired) electrons. The van der Waals surface area contributed by atoms with Crippen LogP contribution in [-0.4, -0.2) is 62.3 Å². The molecule has 1 fully saturated rings. The summed E-state index contributed by atoms with van der Waals surface area (Å²) in [6.07, 6.45) is 1.65. The number of nitrogens with zero attached hydrogens (tertiary/aromatic N) is 3. The molecule has 0 amide bonds. The molecule has 8 heteroatoms. The second-order valence-electron chi connectivity index (χ2n) is 6.33. The minimum absolute atomic E-state index is 0.349. The van der Waals surface area contributed by atoms with Crippen LogP contribution in [-0.2, 0) is 11.3 Å². The van der Waals surface area contributed by atoms with Gasteiger partial charge in [0.2, 0.25) is 5.88 Å². The highest BCUT2D eigenvalue weighted by atomic mass is 19.1. The summed E-state index contributed by atoms with van der Waals surface area (Å²) in [7, 11) is 1.73. The second-order valence-corrected chi connectivity index (χ2v) is 6.33. The van der Waals surface area contributed by atoms with Crippen LogP contribution in [0.3, 0.4) is 0 Å². The lowest BCUT2D eigenvalue weighted by Crippen LogP contribution is -2.44. The highest BCUT2D eigenvalue weighted by molar-refractivity contribution is 5.79. The fourth-order valence-corrected chi connectivity index (χ4v) is 2.85. The maximum atomic E-state index is 13.4. The van der Waals surface area contributed by atoms with E-state index in [1.54, 1.807) is 25.4 Å². The summed E-state index contributed by atoms with van der Waals surface area (Å²) in [6.45, 7) is 5.72. The van der Waals surface area contributed by atoms with Crippen molar-refractivity contribution in [3.63, 3.8) is 0 Å². The zero-order valence-electron chi connectivity index (χ0n) is 16.0. The Morgan fingerprint density at radius 2 is 2.11 bits per heavy atom. The number of halogens is 1. The highest BCUT2D eigenvalue weighted by Crippen LogP contribution is 2.23. The van der Waals surface area contributed by atoms with Crippen molar-refractivity contribution in [3.05, 3.63) is 54.0 Å². The predicted octanol–water partition coefficient (Wildman–Crippen LogP) is 2.01. The van der Waals surface area contributed by atoms with E-state index in [1.165, 1.54) is 12.1 Å². The van der Waals surface area contributed by atoms with Gasteiger partial charge in [-0.2, -0.15) is 0 Å². The first kappa shape index (κ1) is 20.0. The lowest BCUT2D eigenvalue weighted by atomic mass is 10.2. The molecular weight excluding hydrogens is 361 g/mol. The monoisotopic (exact) mass is 387 g/mol. The number of hydrogen-bond donors (Lipinski definition) is 2. The smallest absolute Gasteiger partial charge is 0.224 e. The fourth-order valence-electron chi connectivity index (χ4n) is 2.85. The average Bonchev–Trinajstić information content (AvgIpc) is 2.72. The van der Waals surface area contributed by atoms with Crippen molar-refractivity contribution in [2.45, 2.75) is 6.54 Å². The van der Waals surface area contributed by atoms with Crippen LogP contribution in [0.15, 0.2) is 47.6 Å². The Kier molecular flexibility index (Phi) is 7.57. The Morgan fingerprint density at radius 3 is 2.89 bits per heavy atom. The third-order valence-electron chi connectivity index (χ3n) is 4.35. The molecule has 1 aromatic carbocycles. The number of hydrogen-bond acceptors (Lipinski definition) is 5. The number of morpholine rings is 1. The average molecular weight is 387 g/mol. The largest absolute Gasteiger partial charge is 0.439 e. The van der Waals surface area contributed by atoms with E-state index >= 15 is 0 Å². The molecule has 28 heavy (non-hydrogen) atoms. The van der Waals surface area contributed by atoms with Gasteiger partial charge in [-0.05, 0) is 18.2 Å². The van der Waals surface area contributed by atoms with Crippen LogP contribution in [0.25, 0.3) is 0 Å². The zero-order chi connectivity index (χ0) is 19.6. The molecule has 2 aromatic rings. The standard InChI is InChI=1S/C20H26FN5O2/c1-22-20(24-8-9-26-10-12-27-13-11-26)25-15-16-4-3-7-23-19(16)28-18-6-2-5-17(21)14-18/h2-7,14H,8-13,15H2,1H3,(H2,22,24,25). The number of aliphatic imine (C=N–C) groups is 1. The van der Waals surface area contributed by atoms with E-state index in [9.17, 15) is 4.39 Å². The van der Waals surface area contributed by atoms with E-state index < -0.39 is 0 Å². The van der Waals surface area contributed by atoms with Crippen LogP contribution in [0.5, 0.6) is 11.6 Å². The van der Waals surface area contributed by atoms with Crippen LogP contribution in [0.4, 0.5) is 4.39 Å². The highest BCUT2D eigenvalue weighted by Gasteiger charge is 2.11. The Morgan fingerprint density at radius 1 is 1.25 bits per heavy atom. The topological polar surface area (TPSA) is 71.0 Å². The predicted molar refractivity (Wildman–Crippen MR) is 106 cm³/mol. The first-order valence-electron chi connectivity index (χ1n) is 9.36. The number of guanidine groups is 1. The number of nitrogens with one attached hydrogen (secondary N) is 2. The van der Waals surface area contributed by atoms with E-state index in [4.69, 9.17) is 9.47 Å². The van der Waals surface area contributed by atoms with Crippen molar-refractivity contribution in [2.24, 2.45) is 4.99 Å². The third kappa shape index (κ3) is 6.17. The first-order chi connectivity index (χ1) is 13.7. The van der Waals surface area contributed by atoms with Crippen LogP contribution >= 0.6 is 0 Å². The molecule has 1 saturated heterocycles. The van der Waals surface area contributed by atoms with Crippen molar-refractivity contribution in [1.29, 1.82) is 0 Å². The van der Waals surface area contributed by atoms with Gasteiger partial charge in [-0.3, -0.25) is 9.89 Å². The summed E-state index contributed by atoms with van der Waals surface area (Å²) in [5, 5.41) is 6.57. The minimum Gasteiger partial charge on any atom is -0.439 e. The van der Waals surface area contributed by atoms with Gasteiger partial charge in [-0.25, -0.2) is 9.37 Å². The molecular formula is C20H26FN5O2. The van der Waals surface area contributed by atoms with Gasteiger partial charge in [0.05, 0.1) is 13.2 Å². The van der Waals surface area contributed by atoms with Crippen molar-refractivity contribution in [2.75, 3.05) is 46.4 Å². The van der Waals surface area contributed by atoms with Crippen molar-refractivity contribution in [3.8, 4) is 11.6 Å². The molecule has 7 nitrogen and oxygen atoms in total. The zero-order valence-corrected chi connectivity index (χ0v) is 16.0. The molecule has 3 rings (SSSR count). The fraction of sp³-hybridized carbons (Fsp3) is 0.400. The minimum atomic E-state index is -0.349. The SMILES string of the molecule is CN=C(NCCN1CCOCC1)NCc1cccnc1Oc1cccc(F)c1. The van der Waals surface area contributed by atoms with Crippen molar-refractivity contribution < 1.29 is 13.9 Å². The summed E-state index contributed by atoms with van der Waals surface area (Å²) in [5.41, 5.74) is 0.850. The Hall–Kier alpha value is -2.71. The molecule has 0 saturated carbocycles. The summed E-state index contributed by atoms with van der Waals surface area (Å²) >= 11 is 0. The molecule has 2 heterocycles. The maximum Gasteiger partial charge on any atom is 0.224 e. The van der Waals surface area contributed by atoms with Gasteiger partial charge in [0.1, 0.15) is 11.6 Å². The summed E-state index contributed by atoms with van der Waals surface area (Å²) in [5.74, 6) is 1.20. The van der Waals surface area contributed by atoms with Gasteiger partial charge < -0.3 is 20.1 Å². The second kappa shape index (κ2) is 10.6. The van der Waals surface area contributed by atoms with E-state index in [1.807, 2.05) is 12.1 Å². The van der Waals surface area contributed by atoms with E-state index in [0.29, 0.717) is 24.1 Å². The molecule has 0 spiro atoms. The Labute approximate surface area is 164 Å². The first-order valence-corrected chi connectivity index (χ1v) is 9.36. The summed E-state index contributed by atoms with van der Waals surface area (Å²) < 4.78 is 24.5. The molecule has 0 aliphatic carbocycles. The Bertz CT molecular complexity index is 781. The van der Waals surface area contributed by atoms with Crippen LogP contribution in [0.2, 0.25) is 0 Å². The van der Waals surface area contributed by atoms with Crippen LogP contribution in [0.1, 0.15) is 5.56 Å². The number of rotatable bonds is 7.